The third-order valence-corrected chi connectivity index (χ3v) is 3.94. The summed E-state index contributed by atoms with van der Waals surface area (Å²) in [5, 5.41) is 10.8. The van der Waals surface area contributed by atoms with Crippen LogP contribution in [-0.2, 0) is 6.54 Å². The molecule has 1 N–H and O–H groups in total. The summed E-state index contributed by atoms with van der Waals surface area (Å²) in [5.41, 5.74) is 2.33. The summed E-state index contributed by atoms with van der Waals surface area (Å²) in [6.07, 6.45) is 1.72. The maximum Gasteiger partial charge on any atom is 0.256 e. The Labute approximate surface area is 120 Å². The van der Waals surface area contributed by atoms with Gasteiger partial charge in [-0.05, 0) is 13.0 Å². The van der Waals surface area contributed by atoms with E-state index in [1.165, 1.54) is 0 Å². The fraction of sp³-hybridized carbons (Fsp3) is 0.214. The number of nitrogens with zero attached hydrogens (tertiary/aromatic N) is 3. The van der Waals surface area contributed by atoms with E-state index in [2.05, 4.69) is 15.2 Å². The first-order chi connectivity index (χ1) is 9.65. The number of nitrogens with one attached hydrogen (secondary N) is 1. The predicted molar refractivity (Wildman–Crippen MR) is 78.7 cm³/mol. The zero-order chi connectivity index (χ0) is 14.1. The van der Waals surface area contributed by atoms with E-state index >= 15 is 0 Å². The molecule has 0 bridgehead atoms. The zero-order valence-corrected chi connectivity index (χ0v) is 12.1. The summed E-state index contributed by atoms with van der Waals surface area (Å²) in [6.45, 7) is 2.47. The number of benzene rings is 1. The lowest BCUT2D eigenvalue weighted by atomic mass is 10.1. The number of aryl methyl sites for hydroxylation is 1. The van der Waals surface area contributed by atoms with Crippen LogP contribution in [0.3, 0.4) is 0 Å². The summed E-state index contributed by atoms with van der Waals surface area (Å²) in [7, 11) is 1.78. The van der Waals surface area contributed by atoms with E-state index in [-0.39, 0.29) is 5.91 Å². The fourth-order valence-electron chi connectivity index (χ4n) is 2.15. The van der Waals surface area contributed by atoms with Gasteiger partial charge < -0.3 is 4.90 Å². The van der Waals surface area contributed by atoms with E-state index in [4.69, 9.17) is 0 Å². The van der Waals surface area contributed by atoms with Crippen LogP contribution in [0.2, 0.25) is 0 Å². The lowest BCUT2D eigenvalue weighted by Crippen LogP contribution is -2.26. The van der Waals surface area contributed by atoms with Crippen LogP contribution < -0.4 is 0 Å². The molecule has 0 saturated carbocycles. The summed E-state index contributed by atoms with van der Waals surface area (Å²) in [5.74, 6) is -0.0366. The third kappa shape index (κ3) is 2.30. The van der Waals surface area contributed by atoms with Gasteiger partial charge in [-0.3, -0.25) is 9.89 Å². The number of carbonyl (C=O) groups excluding carboxylic acids is 1. The van der Waals surface area contributed by atoms with Gasteiger partial charge >= 0.3 is 0 Å². The highest BCUT2D eigenvalue weighted by molar-refractivity contribution is 7.09. The molecule has 0 saturated heterocycles. The second-order valence-corrected chi connectivity index (χ2v) is 5.72. The van der Waals surface area contributed by atoms with Gasteiger partial charge in [0.25, 0.3) is 5.91 Å². The molecule has 3 rings (SSSR count). The Balaban J connectivity index is 1.86. The highest BCUT2D eigenvalue weighted by atomic mass is 32.1. The number of hydrogen-bond acceptors (Lipinski definition) is 4. The van der Waals surface area contributed by atoms with Crippen molar-refractivity contribution in [2.24, 2.45) is 0 Å². The monoisotopic (exact) mass is 286 g/mol. The molecule has 0 fully saturated rings. The van der Waals surface area contributed by atoms with Crippen LogP contribution in [0, 0.1) is 6.92 Å². The molecule has 0 radical (unpaired) electrons. The van der Waals surface area contributed by atoms with Crippen molar-refractivity contribution in [1.29, 1.82) is 0 Å². The first kappa shape index (κ1) is 12.8. The second kappa shape index (κ2) is 5.05. The Morgan fingerprint density at radius 1 is 1.45 bits per heavy atom. The van der Waals surface area contributed by atoms with E-state index in [1.807, 2.05) is 30.5 Å². The number of thiazole rings is 1. The molecule has 0 atom stereocenters. The van der Waals surface area contributed by atoms with Gasteiger partial charge in [-0.2, -0.15) is 5.10 Å². The number of aromatic amines is 1. The second-order valence-electron chi connectivity index (χ2n) is 4.66. The van der Waals surface area contributed by atoms with Crippen LogP contribution in [0.4, 0.5) is 0 Å². The van der Waals surface area contributed by atoms with E-state index in [1.54, 1.807) is 29.5 Å². The highest BCUT2D eigenvalue weighted by Gasteiger charge is 2.16. The van der Waals surface area contributed by atoms with Gasteiger partial charge in [0.05, 0.1) is 34.5 Å². The van der Waals surface area contributed by atoms with Gasteiger partial charge in [0, 0.05) is 17.8 Å². The lowest BCUT2D eigenvalue weighted by molar-refractivity contribution is 0.0785. The molecule has 0 aliphatic rings. The summed E-state index contributed by atoms with van der Waals surface area (Å²) < 4.78 is 0. The van der Waals surface area contributed by atoms with Crippen molar-refractivity contribution in [2.75, 3.05) is 7.05 Å². The molecule has 0 aliphatic carbocycles. The van der Waals surface area contributed by atoms with Crippen LogP contribution in [0.5, 0.6) is 0 Å². The van der Waals surface area contributed by atoms with E-state index < -0.39 is 0 Å². The number of aromatic nitrogens is 3. The van der Waals surface area contributed by atoms with Crippen molar-refractivity contribution >= 4 is 28.1 Å². The maximum atomic E-state index is 12.5. The van der Waals surface area contributed by atoms with Gasteiger partial charge in [-0.15, -0.1) is 11.3 Å². The Morgan fingerprint density at radius 2 is 2.30 bits per heavy atom. The number of amides is 1. The summed E-state index contributed by atoms with van der Waals surface area (Å²) in [6, 6.07) is 5.61. The van der Waals surface area contributed by atoms with Gasteiger partial charge in [-0.25, -0.2) is 4.98 Å². The molecule has 1 aromatic carbocycles. The molecule has 6 heteroatoms. The minimum atomic E-state index is -0.0366. The molecule has 2 heterocycles. The minimum Gasteiger partial charge on any atom is -0.336 e. The zero-order valence-electron chi connectivity index (χ0n) is 11.3. The lowest BCUT2D eigenvalue weighted by Gasteiger charge is -2.16. The van der Waals surface area contributed by atoms with E-state index in [9.17, 15) is 4.79 Å². The number of para-hydroxylation sites is 1. The van der Waals surface area contributed by atoms with Crippen LogP contribution in [0.15, 0.2) is 29.8 Å². The topological polar surface area (TPSA) is 61.9 Å². The quantitative estimate of drug-likeness (QED) is 0.805. The van der Waals surface area contributed by atoms with Gasteiger partial charge in [-0.1, -0.05) is 12.1 Å². The summed E-state index contributed by atoms with van der Waals surface area (Å²) in [4.78, 5) is 18.6. The minimum absolute atomic E-state index is 0.0366. The summed E-state index contributed by atoms with van der Waals surface area (Å²) >= 11 is 1.59. The Kier molecular flexibility index (Phi) is 3.23. The molecule has 0 unspecified atom stereocenters. The standard InChI is InChI=1S/C14H14N4OS/c1-9-16-11(8-20-9)7-18(2)14(19)12-5-3-4-10-6-15-17-13(10)12/h3-6,8H,7H2,1-2H3,(H,15,17). The average molecular weight is 286 g/mol. The molecule has 102 valence electrons. The average Bonchev–Trinajstić information content (AvgIpc) is 3.06. The van der Waals surface area contributed by atoms with Gasteiger partial charge in [0.1, 0.15) is 0 Å². The van der Waals surface area contributed by atoms with Crippen molar-refractivity contribution in [3.05, 3.63) is 46.0 Å². The van der Waals surface area contributed by atoms with Crippen LogP contribution in [-0.4, -0.2) is 33.0 Å². The number of rotatable bonds is 3. The first-order valence-corrected chi connectivity index (χ1v) is 7.11. The van der Waals surface area contributed by atoms with Gasteiger partial charge in [0.2, 0.25) is 0 Å². The SMILES string of the molecule is Cc1nc(CN(C)C(=O)c2cccc3cn[nH]c23)cs1. The normalized spacial score (nSPS) is 10.9. The molecular formula is C14H14N4OS. The van der Waals surface area contributed by atoms with E-state index in [0.29, 0.717) is 12.1 Å². The Bertz CT molecular complexity index is 761. The Hall–Kier alpha value is -2.21. The van der Waals surface area contributed by atoms with Crippen molar-refractivity contribution < 1.29 is 4.79 Å². The molecule has 2 aromatic heterocycles. The molecule has 0 aliphatic heterocycles. The van der Waals surface area contributed by atoms with Gasteiger partial charge in [0.15, 0.2) is 0 Å². The number of carbonyl (C=O) groups is 1. The van der Waals surface area contributed by atoms with Crippen molar-refractivity contribution in [3.8, 4) is 0 Å². The van der Waals surface area contributed by atoms with Crippen molar-refractivity contribution in [3.63, 3.8) is 0 Å². The van der Waals surface area contributed by atoms with Crippen LogP contribution in [0.1, 0.15) is 21.1 Å². The molecule has 3 aromatic rings. The van der Waals surface area contributed by atoms with Crippen LogP contribution >= 0.6 is 11.3 Å². The smallest absolute Gasteiger partial charge is 0.256 e. The molecule has 0 spiro atoms. The highest BCUT2D eigenvalue weighted by Crippen LogP contribution is 2.18. The Morgan fingerprint density at radius 3 is 3.05 bits per heavy atom. The molecule has 1 amide bonds. The number of H-pyrrole nitrogens is 1. The van der Waals surface area contributed by atoms with Crippen LogP contribution in [0.25, 0.3) is 10.9 Å². The van der Waals surface area contributed by atoms with Crippen molar-refractivity contribution in [2.45, 2.75) is 13.5 Å². The number of hydrogen-bond donors (Lipinski definition) is 1. The van der Waals surface area contributed by atoms with Crippen molar-refractivity contribution in [1.82, 2.24) is 20.1 Å². The first-order valence-electron chi connectivity index (χ1n) is 6.23. The number of fused-ring (bicyclic) bond motifs is 1. The molecule has 20 heavy (non-hydrogen) atoms. The predicted octanol–water partition coefficient (Wildman–Crippen LogP) is 2.60. The fourth-order valence-corrected chi connectivity index (χ4v) is 2.75. The maximum absolute atomic E-state index is 12.5. The largest absolute Gasteiger partial charge is 0.336 e. The third-order valence-electron chi connectivity index (χ3n) is 3.12. The van der Waals surface area contributed by atoms with E-state index in [0.717, 1.165) is 21.6 Å². The molecular weight excluding hydrogens is 272 g/mol. The molecule has 5 nitrogen and oxygen atoms in total.